The number of fused-ring (bicyclic) bond motifs is 3. The summed E-state index contributed by atoms with van der Waals surface area (Å²) in [5.74, 6) is -1.74. The molecule has 0 aliphatic heterocycles. The Bertz CT molecular complexity index is 1020. The summed E-state index contributed by atoms with van der Waals surface area (Å²) < 4.78 is 5.61. The molecule has 0 bridgehead atoms. The Kier molecular flexibility index (Phi) is 7.64. The van der Waals surface area contributed by atoms with Crippen molar-refractivity contribution in [3.05, 3.63) is 59.7 Å². The van der Waals surface area contributed by atoms with E-state index < -0.39 is 29.0 Å². The Balaban J connectivity index is 1.72. The zero-order chi connectivity index (χ0) is 24.9. The van der Waals surface area contributed by atoms with E-state index in [1.54, 1.807) is 6.92 Å². The number of benzene rings is 2. The molecule has 7 heteroatoms. The van der Waals surface area contributed by atoms with Crippen LogP contribution in [0.4, 0.5) is 4.79 Å². The summed E-state index contributed by atoms with van der Waals surface area (Å²) in [4.78, 5) is 37.7. The van der Waals surface area contributed by atoms with Gasteiger partial charge in [0.15, 0.2) is 0 Å². The fraction of sp³-hybridized carbons (Fsp3) is 0.444. The Hall–Kier alpha value is -3.35. The Morgan fingerprint density at radius 3 is 1.85 bits per heavy atom. The van der Waals surface area contributed by atoms with E-state index in [4.69, 9.17) is 4.74 Å². The van der Waals surface area contributed by atoms with Gasteiger partial charge in [0.05, 0.1) is 0 Å². The highest BCUT2D eigenvalue weighted by molar-refractivity contribution is 5.93. The first kappa shape index (κ1) is 25.3. The highest BCUT2D eigenvalue weighted by Gasteiger charge is 2.42. The van der Waals surface area contributed by atoms with Gasteiger partial charge >= 0.3 is 12.1 Å². The van der Waals surface area contributed by atoms with E-state index in [1.165, 1.54) is 6.92 Å². The van der Waals surface area contributed by atoms with Crippen molar-refractivity contribution in [3.8, 4) is 11.1 Å². The van der Waals surface area contributed by atoms with E-state index in [0.29, 0.717) is 19.3 Å². The lowest BCUT2D eigenvalue weighted by molar-refractivity contribution is -0.148. The molecule has 7 nitrogen and oxygen atoms in total. The zero-order valence-corrected chi connectivity index (χ0v) is 20.3. The van der Waals surface area contributed by atoms with Gasteiger partial charge in [0.1, 0.15) is 17.7 Å². The van der Waals surface area contributed by atoms with Gasteiger partial charge in [-0.25, -0.2) is 9.59 Å². The van der Waals surface area contributed by atoms with Crippen molar-refractivity contribution in [1.82, 2.24) is 10.6 Å². The molecule has 34 heavy (non-hydrogen) atoms. The molecule has 0 saturated carbocycles. The first-order chi connectivity index (χ1) is 16.1. The highest BCUT2D eigenvalue weighted by Crippen LogP contribution is 2.44. The molecule has 2 aromatic carbocycles. The maximum Gasteiger partial charge on any atom is 0.408 e. The van der Waals surface area contributed by atoms with Crippen molar-refractivity contribution < 1.29 is 24.2 Å². The van der Waals surface area contributed by atoms with Gasteiger partial charge in [0.25, 0.3) is 0 Å². The molecular weight excluding hydrogens is 432 g/mol. The molecule has 0 fully saturated rings. The molecule has 0 heterocycles. The Morgan fingerprint density at radius 1 is 0.853 bits per heavy atom. The summed E-state index contributed by atoms with van der Waals surface area (Å²) in [7, 11) is 0. The molecule has 0 radical (unpaired) electrons. The molecule has 2 aromatic rings. The molecule has 2 unspecified atom stereocenters. The summed E-state index contributed by atoms with van der Waals surface area (Å²) >= 11 is 0. The predicted molar refractivity (Wildman–Crippen MR) is 131 cm³/mol. The van der Waals surface area contributed by atoms with E-state index in [1.807, 2.05) is 50.2 Å². The third kappa shape index (κ3) is 5.08. The highest BCUT2D eigenvalue weighted by atomic mass is 16.5. The molecule has 182 valence electrons. The van der Waals surface area contributed by atoms with Crippen LogP contribution in [0.3, 0.4) is 0 Å². The normalized spacial score (nSPS) is 15.9. The number of alkyl carbamates (subject to hydrolysis) is 1. The predicted octanol–water partition coefficient (Wildman–Crippen LogP) is 4.84. The average Bonchev–Trinajstić information content (AvgIpc) is 3.11. The SMILES string of the molecule is CCCC(C)(NC(=O)C(C)(CCC)NC(=O)OCC1c2ccccc2-c2ccccc21)C(=O)O. The molecule has 0 aromatic heterocycles. The summed E-state index contributed by atoms with van der Waals surface area (Å²) in [6.45, 7) is 6.96. The Morgan fingerprint density at radius 2 is 1.35 bits per heavy atom. The van der Waals surface area contributed by atoms with Crippen molar-refractivity contribution in [2.45, 2.75) is 70.4 Å². The summed E-state index contributed by atoms with van der Waals surface area (Å²) in [6.07, 6.45) is 1.12. The number of carboxylic acids is 1. The topological polar surface area (TPSA) is 105 Å². The van der Waals surface area contributed by atoms with E-state index in [9.17, 15) is 19.5 Å². The third-order valence-corrected chi connectivity index (χ3v) is 6.58. The second-order valence-corrected chi connectivity index (χ2v) is 9.37. The van der Waals surface area contributed by atoms with Crippen LogP contribution in [0.5, 0.6) is 0 Å². The van der Waals surface area contributed by atoms with E-state index in [-0.39, 0.29) is 18.9 Å². The van der Waals surface area contributed by atoms with Crippen molar-refractivity contribution in [1.29, 1.82) is 0 Å². The second-order valence-electron chi connectivity index (χ2n) is 9.37. The summed E-state index contributed by atoms with van der Waals surface area (Å²) in [5.41, 5.74) is 1.74. The van der Waals surface area contributed by atoms with Crippen molar-refractivity contribution in [2.24, 2.45) is 0 Å². The number of amides is 2. The van der Waals surface area contributed by atoms with Crippen LogP contribution in [0, 0.1) is 0 Å². The number of hydrogen-bond acceptors (Lipinski definition) is 4. The number of nitrogens with one attached hydrogen (secondary N) is 2. The van der Waals surface area contributed by atoms with Crippen LogP contribution in [-0.4, -0.2) is 40.8 Å². The number of rotatable bonds is 10. The molecular formula is C27H34N2O5. The quantitative estimate of drug-likeness (QED) is 0.465. The largest absolute Gasteiger partial charge is 0.480 e. The van der Waals surface area contributed by atoms with Crippen LogP contribution in [-0.2, 0) is 14.3 Å². The van der Waals surface area contributed by atoms with Gasteiger partial charge in [0.2, 0.25) is 5.91 Å². The van der Waals surface area contributed by atoms with Gasteiger partial charge < -0.3 is 20.5 Å². The standard InChI is InChI=1S/C27H34N2O5/c1-5-15-26(3,23(30)28-27(4,16-6-2)24(31)32)29-25(33)34-17-22-20-13-9-7-11-18(20)19-12-8-10-14-21(19)22/h7-14,22H,5-6,15-17H2,1-4H3,(H,28,30)(H,29,33)(H,31,32). The number of aliphatic carboxylic acids is 1. The zero-order valence-electron chi connectivity index (χ0n) is 20.3. The van der Waals surface area contributed by atoms with Crippen LogP contribution in [0.1, 0.15) is 70.4 Å². The van der Waals surface area contributed by atoms with Crippen molar-refractivity contribution in [2.75, 3.05) is 6.61 Å². The van der Waals surface area contributed by atoms with Crippen molar-refractivity contribution >= 4 is 18.0 Å². The minimum atomic E-state index is -1.41. The number of carbonyl (C=O) groups excluding carboxylic acids is 2. The van der Waals surface area contributed by atoms with Gasteiger partial charge in [-0.2, -0.15) is 0 Å². The lowest BCUT2D eigenvalue weighted by atomic mass is 9.90. The van der Waals surface area contributed by atoms with Gasteiger partial charge in [-0.05, 0) is 48.9 Å². The molecule has 1 aliphatic carbocycles. The number of ether oxygens (including phenoxy) is 1. The van der Waals surface area contributed by atoms with Crippen LogP contribution in [0.15, 0.2) is 48.5 Å². The Labute approximate surface area is 200 Å². The van der Waals surface area contributed by atoms with Crippen LogP contribution >= 0.6 is 0 Å². The van der Waals surface area contributed by atoms with Gasteiger partial charge in [-0.1, -0.05) is 75.2 Å². The lowest BCUT2D eigenvalue weighted by Crippen LogP contribution is -2.63. The van der Waals surface area contributed by atoms with E-state index >= 15 is 0 Å². The minimum absolute atomic E-state index is 0.0933. The first-order valence-corrected chi connectivity index (χ1v) is 11.8. The number of carbonyl (C=O) groups is 3. The van der Waals surface area contributed by atoms with Crippen LogP contribution in [0.2, 0.25) is 0 Å². The van der Waals surface area contributed by atoms with Crippen LogP contribution in [0.25, 0.3) is 11.1 Å². The summed E-state index contributed by atoms with van der Waals surface area (Å²) in [6, 6.07) is 16.1. The number of carboxylic acid groups (broad SMARTS) is 1. The third-order valence-electron chi connectivity index (χ3n) is 6.58. The molecule has 2 amide bonds. The maximum absolute atomic E-state index is 13.1. The van der Waals surface area contributed by atoms with Gasteiger partial charge in [0, 0.05) is 5.92 Å². The molecule has 1 aliphatic rings. The van der Waals surface area contributed by atoms with Gasteiger partial charge in [-0.3, -0.25) is 4.79 Å². The summed E-state index contributed by atoms with van der Waals surface area (Å²) in [5, 5.41) is 15.0. The van der Waals surface area contributed by atoms with Gasteiger partial charge in [-0.15, -0.1) is 0 Å². The molecule has 0 spiro atoms. The minimum Gasteiger partial charge on any atom is -0.480 e. The molecule has 3 rings (SSSR count). The average molecular weight is 467 g/mol. The first-order valence-electron chi connectivity index (χ1n) is 11.8. The fourth-order valence-electron chi connectivity index (χ4n) is 4.70. The molecule has 3 N–H and O–H groups in total. The van der Waals surface area contributed by atoms with E-state index in [0.717, 1.165) is 22.3 Å². The fourth-order valence-corrected chi connectivity index (χ4v) is 4.70. The molecule has 2 atom stereocenters. The number of hydrogen-bond donors (Lipinski definition) is 3. The maximum atomic E-state index is 13.1. The monoisotopic (exact) mass is 466 g/mol. The lowest BCUT2D eigenvalue weighted by Gasteiger charge is -2.34. The smallest absolute Gasteiger partial charge is 0.408 e. The van der Waals surface area contributed by atoms with Crippen molar-refractivity contribution in [3.63, 3.8) is 0 Å². The second kappa shape index (κ2) is 10.3. The van der Waals surface area contributed by atoms with E-state index in [2.05, 4.69) is 22.8 Å². The van der Waals surface area contributed by atoms with Crippen LogP contribution < -0.4 is 10.6 Å². The molecule has 0 saturated heterocycles.